The largest absolute Gasteiger partial charge is 0.391 e. The van der Waals surface area contributed by atoms with Crippen LogP contribution in [-0.2, 0) is 4.79 Å². The number of hydrogen-bond acceptors (Lipinski definition) is 3. The number of β-amino-alcohol motifs (C(OH)–C–C–N with tert-alkyl or cyclic N) is 1. The van der Waals surface area contributed by atoms with Gasteiger partial charge in [-0.05, 0) is 12.3 Å². The van der Waals surface area contributed by atoms with Gasteiger partial charge in [0.1, 0.15) is 0 Å². The molecule has 0 saturated carbocycles. The maximum Gasteiger partial charge on any atom is 0.223 e. The molecule has 1 rings (SSSR count). The molecule has 3 N–H and O–H groups in total. The van der Waals surface area contributed by atoms with Gasteiger partial charge in [-0.25, -0.2) is 0 Å². The van der Waals surface area contributed by atoms with Crippen LogP contribution in [0.15, 0.2) is 0 Å². The summed E-state index contributed by atoms with van der Waals surface area (Å²) < 4.78 is 0. The van der Waals surface area contributed by atoms with Crippen molar-refractivity contribution >= 4 is 5.91 Å². The Morgan fingerprint density at radius 3 is 2.85 bits per heavy atom. The lowest BCUT2D eigenvalue weighted by molar-refractivity contribution is -0.135. The maximum absolute atomic E-state index is 11.4. The Labute approximate surface area is 78.7 Å². The van der Waals surface area contributed by atoms with E-state index in [9.17, 15) is 9.90 Å². The molecule has 1 amide bonds. The molecule has 1 aliphatic heterocycles. The van der Waals surface area contributed by atoms with Gasteiger partial charge in [-0.15, -0.1) is 0 Å². The lowest BCUT2D eigenvalue weighted by Gasteiger charge is -2.34. The first-order valence-electron chi connectivity index (χ1n) is 4.79. The average molecular weight is 186 g/mol. The Balaban J connectivity index is 2.45. The predicted octanol–water partition coefficient (Wildman–Crippen LogP) is -0.435. The number of piperidine rings is 1. The molecule has 2 atom stereocenters. The first kappa shape index (κ1) is 10.5. The van der Waals surface area contributed by atoms with Crippen LogP contribution in [0, 0.1) is 5.92 Å². The van der Waals surface area contributed by atoms with E-state index in [1.165, 1.54) is 0 Å². The van der Waals surface area contributed by atoms with Gasteiger partial charge < -0.3 is 15.7 Å². The normalized spacial score (nSPS) is 29.0. The molecule has 4 nitrogen and oxygen atoms in total. The Morgan fingerprint density at radius 1 is 1.62 bits per heavy atom. The summed E-state index contributed by atoms with van der Waals surface area (Å²) in [5, 5.41) is 9.44. The number of aliphatic hydroxyl groups excluding tert-OH is 1. The highest BCUT2D eigenvalue weighted by molar-refractivity contribution is 5.76. The van der Waals surface area contributed by atoms with Crippen LogP contribution in [0.25, 0.3) is 0 Å². The van der Waals surface area contributed by atoms with Crippen molar-refractivity contribution in [3.8, 4) is 0 Å². The zero-order valence-corrected chi connectivity index (χ0v) is 8.07. The molecule has 76 valence electrons. The van der Waals surface area contributed by atoms with Gasteiger partial charge in [-0.1, -0.05) is 6.92 Å². The van der Waals surface area contributed by atoms with Crippen LogP contribution in [-0.4, -0.2) is 41.7 Å². The molecule has 1 fully saturated rings. The van der Waals surface area contributed by atoms with Gasteiger partial charge in [0.2, 0.25) is 5.91 Å². The summed E-state index contributed by atoms with van der Waals surface area (Å²) in [5.41, 5.74) is 5.30. The zero-order valence-electron chi connectivity index (χ0n) is 8.07. The summed E-state index contributed by atoms with van der Waals surface area (Å²) in [6.07, 6.45) is 0.830. The van der Waals surface area contributed by atoms with Crippen LogP contribution in [0.1, 0.15) is 19.8 Å². The van der Waals surface area contributed by atoms with E-state index in [-0.39, 0.29) is 12.0 Å². The highest BCUT2D eigenvalue weighted by Gasteiger charge is 2.25. The fourth-order valence-electron chi connectivity index (χ4n) is 1.80. The molecule has 0 aromatic heterocycles. The number of amides is 1. The quantitative estimate of drug-likeness (QED) is 0.614. The van der Waals surface area contributed by atoms with Gasteiger partial charge in [-0.2, -0.15) is 0 Å². The molecule has 13 heavy (non-hydrogen) atoms. The number of rotatable bonds is 2. The van der Waals surface area contributed by atoms with E-state index in [2.05, 4.69) is 0 Å². The van der Waals surface area contributed by atoms with Crippen molar-refractivity contribution in [2.45, 2.75) is 25.9 Å². The number of carbonyl (C=O) groups is 1. The van der Waals surface area contributed by atoms with Gasteiger partial charge in [0.25, 0.3) is 0 Å². The molecular weight excluding hydrogens is 168 g/mol. The summed E-state index contributed by atoms with van der Waals surface area (Å²) in [7, 11) is 0. The standard InChI is InChI=1S/C9H18N2O2/c1-7-4-8(12)6-11(5-7)9(13)2-3-10/h7-8,12H,2-6,10H2,1H3/t7-,8+/m1/s1. The zero-order chi connectivity index (χ0) is 9.84. The van der Waals surface area contributed by atoms with Gasteiger partial charge in [-0.3, -0.25) is 4.79 Å². The lowest BCUT2D eigenvalue weighted by Crippen LogP contribution is -2.45. The van der Waals surface area contributed by atoms with Crippen LogP contribution in [0.3, 0.4) is 0 Å². The summed E-state index contributed by atoms with van der Waals surface area (Å²) >= 11 is 0. The van der Waals surface area contributed by atoms with Crippen molar-refractivity contribution in [2.75, 3.05) is 19.6 Å². The second-order valence-corrected chi connectivity index (χ2v) is 3.83. The highest BCUT2D eigenvalue weighted by Crippen LogP contribution is 2.16. The third kappa shape index (κ3) is 2.97. The van der Waals surface area contributed by atoms with E-state index in [4.69, 9.17) is 5.73 Å². The summed E-state index contributed by atoms with van der Waals surface area (Å²) in [6.45, 7) is 3.67. The molecule has 0 radical (unpaired) electrons. The van der Waals surface area contributed by atoms with Crippen LogP contribution < -0.4 is 5.73 Å². The third-order valence-electron chi connectivity index (χ3n) is 2.35. The van der Waals surface area contributed by atoms with Gasteiger partial charge in [0, 0.05) is 26.1 Å². The second-order valence-electron chi connectivity index (χ2n) is 3.83. The molecule has 0 spiro atoms. The maximum atomic E-state index is 11.4. The van der Waals surface area contributed by atoms with Gasteiger partial charge in [0.15, 0.2) is 0 Å². The first-order chi connectivity index (χ1) is 6.13. The molecule has 1 saturated heterocycles. The van der Waals surface area contributed by atoms with Crippen molar-refractivity contribution in [1.29, 1.82) is 0 Å². The molecule has 0 aromatic rings. The number of nitrogens with two attached hydrogens (primary N) is 1. The summed E-state index contributed by atoms with van der Waals surface area (Å²) in [6, 6.07) is 0. The Hall–Kier alpha value is -0.610. The van der Waals surface area contributed by atoms with Gasteiger partial charge in [0.05, 0.1) is 6.10 Å². The number of aliphatic hydroxyl groups is 1. The Kier molecular flexibility index (Phi) is 3.69. The smallest absolute Gasteiger partial charge is 0.223 e. The van der Waals surface area contributed by atoms with E-state index in [0.717, 1.165) is 13.0 Å². The minimum atomic E-state index is -0.356. The van der Waals surface area contributed by atoms with Crippen LogP contribution in [0.5, 0.6) is 0 Å². The number of nitrogens with zero attached hydrogens (tertiary/aromatic N) is 1. The van der Waals surface area contributed by atoms with E-state index < -0.39 is 0 Å². The summed E-state index contributed by atoms with van der Waals surface area (Å²) in [4.78, 5) is 13.1. The minimum absolute atomic E-state index is 0.0631. The second kappa shape index (κ2) is 4.58. The van der Waals surface area contributed by atoms with Crippen molar-refractivity contribution in [2.24, 2.45) is 11.7 Å². The average Bonchev–Trinajstić information content (AvgIpc) is 2.03. The van der Waals surface area contributed by atoms with Crippen molar-refractivity contribution in [3.05, 3.63) is 0 Å². The lowest BCUT2D eigenvalue weighted by atomic mass is 9.98. The molecule has 0 unspecified atom stereocenters. The minimum Gasteiger partial charge on any atom is -0.391 e. The van der Waals surface area contributed by atoms with E-state index in [1.807, 2.05) is 6.92 Å². The molecular formula is C9H18N2O2. The molecule has 0 aliphatic carbocycles. The highest BCUT2D eigenvalue weighted by atomic mass is 16.3. The predicted molar refractivity (Wildman–Crippen MR) is 50.0 cm³/mol. The molecule has 1 aliphatic rings. The number of hydrogen-bond donors (Lipinski definition) is 2. The van der Waals surface area contributed by atoms with Gasteiger partial charge >= 0.3 is 0 Å². The number of likely N-dealkylation sites (tertiary alicyclic amines) is 1. The van der Waals surface area contributed by atoms with E-state index in [1.54, 1.807) is 4.90 Å². The Bertz CT molecular complexity index is 174. The molecule has 1 heterocycles. The molecule has 4 heteroatoms. The first-order valence-corrected chi connectivity index (χ1v) is 4.79. The fourth-order valence-corrected chi connectivity index (χ4v) is 1.80. The monoisotopic (exact) mass is 186 g/mol. The van der Waals surface area contributed by atoms with Crippen molar-refractivity contribution in [1.82, 2.24) is 4.90 Å². The molecule has 0 aromatic carbocycles. The SMILES string of the molecule is C[C@@H]1C[C@H](O)CN(C(=O)CCN)C1. The van der Waals surface area contributed by atoms with Crippen molar-refractivity contribution in [3.63, 3.8) is 0 Å². The van der Waals surface area contributed by atoms with E-state index >= 15 is 0 Å². The molecule has 0 bridgehead atoms. The van der Waals surface area contributed by atoms with E-state index in [0.29, 0.717) is 25.4 Å². The number of carbonyl (C=O) groups excluding carboxylic acids is 1. The Morgan fingerprint density at radius 2 is 2.31 bits per heavy atom. The third-order valence-corrected chi connectivity index (χ3v) is 2.35. The fraction of sp³-hybridized carbons (Fsp3) is 0.889. The van der Waals surface area contributed by atoms with Crippen LogP contribution in [0.2, 0.25) is 0 Å². The van der Waals surface area contributed by atoms with Crippen LogP contribution in [0.4, 0.5) is 0 Å². The topological polar surface area (TPSA) is 66.6 Å². The van der Waals surface area contributed by atoms with Crippen molar-refractivity contribution < 1.29 is 9.90 Å². The summed E-state index contributed by atoms with van der Waals surface area (Å²) in [5.74, 6) is 0.457. The van der Waals surface area contributed by atoms with Crippen LogP contribution >= 0.6 is 0 Å².